The van der Waals surface area contributed by atoms with Gasteiger partial charge in [0.1, 0.15) is 5.60 Å². The minimum atomic E-state index is -0.544. The number of benzene rings is 1. The Kier molecular flexibility index (Phi) is 8.71. The van der Waals surface area contributed by atoms with Crippen molar-refractivity contribution >= 4 is 23.7 Å². The number of methoxy groups -OCH3 is 1. The molecule has 8 heteroatoms. The van der Waals surface area contributed by atoms with Crippen LogP contribution in [0.3, 0.4) is 0 Å². The number of esters is 2. The number of anilines is 1. The first-order valence-corrected chi connectivity index (χ1v) is 10.7. The van der Waals surface area contributed by atoms with Gasteiger partial charge >= 0.3 is 18.0 Å². The van der Waals surface area contributed by atoms with Gasteiger partial charge in [0.2, 0.25) is 0 Å². The van der Waals surface area contributed by atoms with Gasteiger partial charge < -0.3 is 24.0 Å². The van der Waals surface area contributed by atoms with E-state index in [4.69, 9.17) is 14.2 Å². The summed E-state index contributed by atoms with van der Waals surface area (Å²) in [6.45, 7) is 10.1. The molecule has 0 saturated carbocycles. The van der Waals surface area contributed by atoms with Gasteiger partial charge in [-0.2, -0.15) is 0 Å². The standard InChI is InChI=1S/C23H34N2O6/c1-6-30-20(26)11-10-19(21(27)29-5)17-8-7-9-18(16-17)24-12-14-25(15-13-24)22(28)31-23(2,3)4/h7-9,16,19H,6,10-15H2,1-5H3. The summed E-state index contributed by atoms with van der Waals surface area (Å²) in [7, 11) is 1.35. The van der Waals surface area contributed by atoms with E-state index in [9.17, 15) is 14.4 Å². The third-order valence-corrected chi connectivity index (χ3v) is 5.00. The lowest BCUT2D eigenvalue weighted by Gasteiger charge is -2.37. The zero-order chi connectivity index (χ0) is 23.0. The van der Waals surface area contributed by atoms with Crippen molar-refractivity contribution in [2.45, 2.75) is 52.1 Å². The zero-order valence-electron chi connectivity index (χ0n) is 19.2. The fourth-order valence-corrected chi connectivity index (χ4v) is 3.47. The van der Waals surface area contributed by atoms with Crippen molar-refractivity contribution < 1.29 is 28.6 Å². The van der Waals surface area contributed by atoms with Crippen molar-refractivity contribution in [1.82, 2.24) is 4.90 Å². The molecule has 1 aromatic rings. The second-order valence-electron chi connectivity index (χ2n) is 8.47. The first-order valence-electron chi connectivity index (χ1n) is 10.7. The summed E-state index contributed by atoms with van der Waals surface area (Å²) in [6.07, 6.45) is 0.166. The number of hydrogen-bond donors (Lipinski definition) is 0. The molecule has 0 N–H and O–H groups in total. The van der Waals surface area contributed by atoms with Gasteiger partial charge in [0.25, 0.3) is 0 Å². The molecule has 0 spiro atoms. The number of hydrogen-bond acceptors (Lipinski definition) is 7. The van der Waals surface area contributed by atoms with E-state index >= 15 is 0 Å². The quantitative estimate of drug-likeness (QED) is 0.481. The van der Waals surface area contributed by atoms with E-state index in [-0.39, 0.29) is 24.5 Å². The molecule has 0 aromatic heterocycles. The maximum Gasteiger partial charge on any atom is 0.410 e. The molecule has 1 heterocycles. The molecule has 1 fully saturated rings. The predicted octanol–water partition coefficient (Wildman–Crippen LogP) is 3.34. The van der Waals surface area contributed by atoms with E-state index in [1.165, 1.54) is 7.11 Å². The fourth-order valence-electron chi connectivity index (χ4n) is 3.47. The van der Waals surface area contributed by atoms with Gasteiger partial charge in [0, 0.05) is 38.3 Å². The smallest absolute Gasteiger partial charge is 0.410 e. The maximum atomic E-state index is 12.4. The highest BCUT2D eigenvalue weighted by Gasteiger charge is 2.27. The lowest BCUT2D eigenvalue weighted by Crippen LogP contribution is -2.50. The van der Waals surface area contributed by atoms with Crippen LogP contribution in [-0.2, 0) is 23.8 Å². The molecular weight excluding hydrogens is 400 g/mol. The van der Waals surface area contributed by atoms with Crippen molar-refractivity contribution in [3.8, 4) is 0 Å². The van der Waals surface area contributed by atoms with Gasteiger partial charge in [0.15, 0.2) is 0 Å². The lowest BCUT2D eigenvalue weighted by molar-refractivity contribution is -0.145. The zero-order valence-corrected chi connectivity index (χ0v) is 19.2. The highest BCUT2D eigenvalue weighted by atomic mass is 16.6. The van der Waals surface area contributed by atoms with Crippen LogP contribution in [-0.4, -0.2) is 68.4 Å². The summed E-state index contributed by atoms with van der Waals surface area (Å²) in [4.78, 5) is 40.3. The Labute approximate surface area is 184 Å². The molecule has 8 nitrogen and oxygen atoms in total. The summed E-state index contributed by atoms with van der Waals surface area (Å²) >= 11 is 0. The Morgan fingerprint density at radius 3 is 2.35 bits per heavy atom. The van der Waals surface area contributed by atoms with E-state index in [0.717, 1.165) is 11.3 Å². The molecule has 1 aliphatic heterocycles. The molecule has 1 unspecified atom stereocenters. The Morgan fingerprint density at radius 1 is 1.10 bits per heavy atom. The summed E-state index contributed by atoms with van der Waals surface area (Å²) in [5.41, 5.74) is 1.24. The van der Waals surface area contributed by atoms with Crippen LogP contribution in [0, 0.1) is 0 Å². The predicted molar refractivity (Wildman–Crippen MR) is 117 cm³/mol. The van der Waals surface area contributed by atoms with Crippen molar-refractivity contribution in [1.29, 1.82) is 0 Å². The van der Waals surface area contributed by atoms with Crippen LogP contribution < -0.4 is 4.90 Å². The number of carbonyl (C=O) groups is 3. The van der Waals surface area contributed by atoms with Crippen LogP contribution in [0.2, 0.25) is 0 Å². The van der Waals surface area contributed by atoms with Gasteiger partial charge in [-0.3, -0.25) is 9.59 Å². The normalized spacial score (nSPS) is 15.3. The Hall–Kier alpha value is -2.77. The van der Waals surface area contributed by atoms with Crippen LogP contribution in [0.1, 0.15) is 52.0 Å². The summed E-state index contributed by atoms with van der Waals surface area (Å²) in [5.74, 6) is -1.25. The molecule has 172 valence electrons. The SMILES string of the molecule is CCOC(=O)CCC(C(=O)OC)c1cccc(N2CCN(C(=O)OC(C)(C)C)CC2)c1. The Morgan fingerprint density at radius 2 is 1.77 bits per heavy atom. The van der Waals surface area contributed by atoms with E-state index < -0.39 is 11.5 Å². The average molecular weight is 435 g/mol. The van der Waals surface area contributed by atoms with Gasteiger partial charge in [-0.15, -0.1) is 0 Å². The largest absolute Gasteiger partial charge is 0.469 e. The van der Waals surface area contributed by atoms with Crippen LogP contribution >= 0.6 is 0 Å². The molecule has 1 atom stereocenters. The van der Waals surface area contributed by atoms with Crippen LogP contribution in [0.4, 0.5) is 10.5 Å². The second-order valence-corrected chi connectivity index (χ2v) is 8.47. The fraction of sp³-hybridized carbons (Fsp3) is 0.609. The number of ether oxygens (including phenoxy) is 3. The monoisotopic (exact) mass is 434 g/mol. The van der Waals surface area contributed by atoms with Crippen molar-refractivity contribution in [3.05, 3.63) is 29.8 Å². The number of nitrogens with zero attached hydrogens (tertiary/aromatic N) is 2. The van der Waals surface area contributed by atoms with Gasteiger partial charge in [-0.1, -0.05) is 12.1 Å². The van der Waals surface area contributed by atoms with Crippen LogP contribution in [0.25, 0.3) is 0 Å². The lowest BCUT2D eigenvalue weighted by atomic mass is 9.93. The molecule has 1 aromatic carbocycles. The summed E-state index contributed by atoms with van der Waals surface area (Å²) in [5, 5.41) is 0. The summed E-state index contributed by atoms with van der Waals surface area (Å²) in [6, 6.07) is 7.70. The molecular formula is C23H34N2O6. The van der Waals surface area contributed by atoms with Crippen LogP contribution in [0.5, 0.6) is 0 Å². The van der Waals surface area contributed by atoms with Crippen LogP contribution in [0.15, 0.2) is 24.3 Å². The minimum absolute atomic E-state index is 0.145. The number of amides is 1. The Balaban J connectivity index is 2.05. The van der Waals surface area contributed by atoms with Gasteiger partial charge in [-0.05, 0) is 51.8 Å². The van der Waals surface area contributed by atoms with Crippen molar-refractivity contribution in [3.63, 3.8) is 0 Å². The van der Waals surface area contributed by atoms with Crippen molar-refractivity contribution in [2.75, 3.05) is 44.8 Å². The summed E-state index contributed by atoms with van der Waals surface area (Å²) < 4.78 is 15.4. The maximum absolute atomic E-state index is 12.4. The number of piperazine rings is 1. The number of rotatable bonds is 7. The molecule has 1 saturated heterocycles. The minimum Gasteiger partial charge on any atom is -0.469 e. The average Bonchev–Trinajstić information content (AvgIpc) is 2.73. The molecule has 0 bridgehead atoms. The highest BCUT2D eigenvalue weighted by molar-refractivity contribution is 5.80. The molecule has 0 radical (unpaired) electrons. The molecule has 0 aliphatic carbocycles. The van der Waals surface area contributed by atoms with E-state index in [1.807, 2.05) is 45.0 Å². The first-order chi connectivity index (χ1) is 14.6. The number of carbonyl (C=O) groups excluding carboxylic acids is 3. The third-order valence-electron chi connectivity index (χ3n) is 5.00. The Bertz CT molecular complexity index is 766. The van der Waals surface area contributed by atoms with E-state index in [0.29, 0.717) is 39.2 Å². The highest BCUT2D eigenvalue weighted by Crippen LogP contribution is 2.28. The first kappa shape index (κ1) is 24.5. The molecule has 31 heavy (non-hydrogen) atoms. The van der Waals surface area contributed by atoms with Crippen molar-refractivity contribution in [2.24, 2.45) is 0 Å². The van der Waals surface area contributed by atoms with Gasteiger partial charge in [-0.25, -0.2) is 4.79 Å². The van der Waals surface area contributed by atoms with E-state index in [2.05, 4.69) is 4.90 Å². The van der Waals surface area contributed by atoms with E-state index in [1.54, 1.807) is 11.8 Å². The molecule has 2 rings (SSSR count). The van der Waals surface area contributed by atoms with Gasteiger partial charge in [0.05, 0.1) is 19.6 Å². The second kappa shape index (κ2) is 11.0. The third kappa shape index (κ3) is 7.45. The topological polar surface area (TPSA) is 85.4 Å². The molecule has 1 amide bonds. The molecule has 1 aliphatic rings.